The van der Waals surface area contributed by atoms with Crippen molar-refractivity contribution in [1.82, 2.24) is 5.43 Å². The van der Waals surface area contributed by atoms with Crippen LogP contribution in [0.3, 0.4) is 0 Å². The van der Waals surface area contributed by atoms with E-state index in [2.05, 4.69) is 10.5 Å². The van der Waals surface area contributed by atoms with E-state index in [0.29, 0.717) is 29.4 Å². The monoisotopic (exact) mass is 345 g/mol. The van der Waals surface area contributed by atoms with E-state index in [1.165, 1.54) is 31.5 Å². The number of methoxy groups -OCH3 is 3. The standard InChI is InChI=1S/C17H19N3O5/c1-23-15-7-5-14(20(21)22)9-13(15)11-19-18-10-12-4-6-16(24-2)17(8-12)25-3/h4-9,11,18H,10H2,1-3H3/b19-11-. The highest BCUT2D eigenvalue weighted by Gasteiger charge is 2.10. The zero-order valence-corrected chi connectivity index (χ0v) is 14.2. The number of hydrazone groups is 1. The molecule has 0 heterocycles. The van der Waals surface area contributed by atoms with E-state index in [0.717, 1.165) is 5.56 Å². The van der Waals surface area contributed by atoms with Gasteiger partial charge in [-0.15, -0.1) is 0 Å². The van der Waals surface area contributed by atoms with E-state index in [1.54, 1.807) is 14.2 Å². The molecule has 2 aromatic carbocycles. The highest BCUT2D eigenvalue weighted by Crippen LogP contribution is 2.27. The number of hydrogen-bond donors (Lipinski definition) is 1. The minimum Gasteiger partial charge on any atom is -0.496 e. The molecule has 2 rings (SSSR count). The van der Waals surface area contributed by atoms with Gasteiger partial charge < -0.3 is 19.6 Å². The maximum atomic E-state index is 10.9. The molecule has 0 spiro atoms. The minimum absolute atomic E-state index is 0.0258. The number of nitro benzene ring substituents is 1. The summed E-state index contributed by atoms with van der Waals surface area (Å²) < 4.78 is 15.6. The van der Waals surface area contributed by atoms with Crippen LogP contribution in [0.1, 0.15) is 11.1 Å². The van der Waals surface area contributed by atoms with Gasteiger partial charge in [-0.1, -0.05) is 6.07 Å². The lowest BCUT2D eigenvalue weighted by Gasteiger charge is -2.09. The Kier molecular flexibility index (Phi) is 6.16. The third-order valence-corrected chi connectivity index (χ3v) is 3.45. The van der Waals surface area contributed by atoms with Gasteiger partial charge in [-0.25, -0.2) is 0 Å². The summed E-state index contributed by atoms with van der Waals surface area (Å²) in [7, 11) is 4.64. The maximum Gasteiger partial charge on any atom is 0.270 e. The molecule has 0 aliphatic carbocycles. The quantitative estimate of drug-likeness (QED) is 0.449. The second-order valence-corrected chi connectivity index (χ2v) is 4.97. The summed E-state index contributed by atoms with van der Waals surface area (Å²) in [6, 6.07) is 9.86. The molecule has 8 heteroatoms. The summed E-state index contributed by atoms with van der Waals surface area (Å²) in [5.41, 5.74) is 4.32. The number of nitro groups is 1. The molecule has 25 heavy (non-hydrogen) atoms. The van der Waals surface area contributed by atoms with Crippen molar-refractivity contribution in [1.29, 1.82) is 0 Å². The Balaban J connectivity index is 2.06. The molecule has 0 bridgehead atoms. The van der Waals surface area contributed by atoms with Gasteiger partial charge in [-0.05, 0) is 23.8 Å². The maximum absolute atomic E-state index is 10.9. The van der Waals surface area contributed by atoms with Crippen molar-refractivity contribution in [2.45, 2.75) is 6.54 Å². The van der Waals surface area contributed by atoms with Crippen LogP contribution in [0.25, 0.3) is 0 Å². The second kappa shape index (κ2) is 8.53. The van der Waals surface area contributed by atoms with E-state index in [4.69, 9.17) is 14.2 Å². The topological polar surface area (TPSA) is 95.2 Å². The molecule has 1 N–H and O–H groups in total. The number of benzene rings is 2. The molecule has 2 aromatic rings. The molecule has 0 unspecified atom stereocenters. The number of nitrogens with zero attached hydrogens (tertiary/aromatic N) is 2. The first-order valence-electron chi connectivity index (χ1n) is 7.38. The van der Waals surface area contributed by atoms with Crippen LogP contribution in [0.15, 0.2) is 41.5 Å². The lowest BCUT2D eigenvalue weighted by atomic mass is 10.2. The molecule has 132 valence electrons. The second-order valence-electron chi connectivity index (χ2n) is 4.97. The zero-order valence-electron chi connectivity index (χ0n) is 14.2. The fraction of sp³-hybridized carbons (Fsp3) is 0.235. The number of hydrogen-bond acceptors (Lipinski definition) is 7. The van der Waals surface area contributed by atoms with Crippen molar-refractivity contribution in [3.05, 3.63) is 57.6 Å². The van der Waals surface area contributed by atoms with Gasteiger partial charge in [-0.3, -0.25) is 10.1 Å². The Morgan fingerprint density at radius 3 is 2.36 bits per heavy atom. The van der Waals surface area contributed by atoms with Gasteiger partial charge in [-0.2, -0.15) is 5.10 Å². The normalized spacial score (nSPS) is 10.5. The molecule has 0 saturated heterocycles. The van der Waals surface area contributed by atoms with Crippen LogP contribution in [0, 0.1) is 10.1 Å². The molecule has 0 aliphatic heterocycles. The molecule has 0 amide bonds. The molecular formula is C17H19N3O5. The summed E-state index contributed by atoms with van der Waals surface area (Å²) in [4.78, 5) is 10.4. The van der Waals surface area contributed by atoms with Crippen molar-refractivity contribution in [2.75, 3.05) is 21.3 Å². The summed E-state index contributed by atoms with van der Waals surface area (Å²) in [6.07, 6.45) is 1.48. The van der Waals surface area contributed by atoms with E-state index in [1.807, 2.05) is 18.2 Å². The van der Waals surface area contributed by atoms with Crippen LogP contribution in [0.4, 0.5) is 5.69 Å². The van der Waals surface area contributed by atoms with Gasteiger partial charge >= 0.3 is 0 Å². The molecule has 0 aromatic heterocycles. The van der Waals surface area contributed by atoms with Crippen LogP contribution in [0.5, 0.6) is 17.2 Å². The summed E-state index contributed by atoms with van der Waals surface area (Å²) in [5.74, 6) is 1.78. The minimum atomic E-state index is -0.464. The number of ether oxygens (including phenoxy) is 3. The third-order valence-electron chi connectivity index (χ3n) is 3.45. The van der Waals surface area contributed by atoms with Crippen LogP contribution in [0.2, 0.25) is 0 Å². The van der Waals surface area contributed by atoms with Crippen LogP contribution in [-0.2, 0) is 6.54 Å². The van der Waals surface area contributed by atoms with Crippen molar-refractivity contribution in [2.24, 2.45) is 5.10 Å². The van der Waals surface area contributed by atoms with Crippen molar-refractivity contribution >= 4 is 11.9 Å². The average molecular weight is 345 g/mol. The van der Waals surface area contributed by atoms with Crippen molar-refractivity contribution in [3.63, 3.8) is 0 Å². The summed E-state index contributed by atoms with van der Waals surface area (Å²) in [5, 5.41) is 15.0. The first-order valence-corrected chi connectivity index (χ1v) is 7.38. The highest BCUT2D eigenvalue weighted by molar-refractivity contribution is 5.84. The first kappa shape index (κ1) is 18.1. The third kappa shape index (κ3) is 4.60. The van der Waals surface area contributed by atoms with Crippen molar-refractivity contribution in [3.8, 4) is 17.2 Å². The van der Waals surface area contributed by atoms with Crippen LogP contribution >= 0.6 is 0 Å². The van der Waals surface area contributed by atoms with E-state index >= 15 is 0 Å². The SMILES string of the molecule is COc1ccc([N+](=O)[O-])cc1/C=N\NCc1ccc(OC)c(OC)c1. The number of rotatable bonds is 8. The number of nitrogens with one attached hydrogen (secondary N) is 1. The Morgan fingerprint density at radius 2 is 1.72 bits per heavy atom. The lowest BCUT2D eigenvalue weighted by Crippen LogP contribution is -2.06. The highest BCUT2D eigenvalue weighted by atomic mass is 16.6. The van der Waals surface area contributed by atoms with Gasteiger partial charge in [0.25, 0.3) is 5.69 Å². The zero-order chi connectivity index (χ0) is 18.2. The molecule has 0 fully saturated rings. The largest absolute Gasteiger partial charge is 0.496 e. The molecule has 0 aliphatic rings. The number of non-ortho nitro benzene ring substituents is 1. The summed E-state index contributed by atoms with van der Waals surface area (Å²) in [6.45, 7) is 0.452. The Bertz CT molecular complexity index is 777. The van der Waals surface area contributed by atoms with Gasteiger partial charge in [0, 0.05) is 17.7 Å². The predicted octanol–water partition coefficient (Wildman–Crippen LogP) is 2.74. The molecule has 0 atom stereocenters. The molecule has 8 nitrogen and oxygen atoms in total. The Morgan fingerprint density at radius 1 is 1.04 bits per heavy atom. The van der Waals surface area contributed by atoms with Gasteiger partial charge in [0.15, 0.2) is 11.5 Å². The predicted molar refractivity (Wildman–Crippen MR) is 93.6 cm³/mol. The van der Waals surface area contributed by atoms with Gasteiger partial charge in [0.2, 0.25) is 0 Å². The molecular weight excluding hydrogens is 326 g/mol. The van der Waals surface area contributed by atoms with Gasteiger partial charge in [0.1, 0.15) is 5.75 Å². The van der Waals surface area contributed by atoms with E-state index in [-0.39, 0.29) is 5.69 Å². The van der Waals surface area contributed by atoms with Crippen LogP contribution in [-0.4, -0.2) is 32.5 Å². The average Bonchev–Trinajstić information content (AvgIpc) is 2.64. The van der Waals surface area contributed by atoms with E-state index in [9.17, 15) is 10.1 Å². The smallest absolute Gasteiger partial charge is 0.270 e. The first-order chi connectivity index (χ1) is 12.1. The Hall–Kier alpha value is -3.29. The van der Waals surface area contributed by atoms with Crippen molar-refractivity contribution < 1.29 is 19.1 Å². The Labute approximate surface area is 145 Å². The molecule has 0 radical (unpaired) electrons. The fourth-order valence-electron chi connectivity index (χ4n) is 2.18. The summed E-state index contributed by atoms with van der Waals surface area (Å²) >= 11 is 0. The van der Waals surface area contributed by atoms with Crippen LogP contribution < -0.4 is 19.6 Å². The lowest BCUT2D eigenvalue weighted by molar-refractivity contribution is -0.384. The van der Waals surface area contributed by atoms with Gasteiger partial charge in [0.05, 0.1) is 39.0 Å². The molecule has 0 saturated carbocycles. The van der Waals surface area contributed by atoms with E-state index < -0.39 is 4.92 Å². The fourth-order valence-corrected chi connectivity index (χ4v) is 2.18.